The lowest BCUT2D eigenvalue weighted by molar-refractivity contribution is -0.383. The second-order valence-corrected chi connectivity index (χ2v) is 2.40. The molecule has 0 fully saturated rings. The Bertz CT molecular complexity index is 317. The van der Waals surface area contributed by atoms with Crippen LogP contribution in [0.2, 0.25) is 0 Å². The standard InChI is InChI=1S/C7H8BNO4/c1-13-8(10)6-4-2-3-5-7(6)9(11)12/h2-5,10H,1H3. The SMILES string of the molecule is COB(O)c1ccccc1[N+](=O)[O-]. The number of benzene rings is 1. The molecule has 0 atom stereocenters. The van der Waals surface area contributed by atoms with Gasteiger partial charge in [0.15, 0.2) is 0 Å². The average molecular weight is 181 g/mol. The lowest BCUT2D eigenvalue weighted by Crippen LogP contribution is -2.34. The summed E-state index contributed by atoms with van der Waals surface area (Å²) < 4.78 is 4.58. The fourth-order valence-corrected chi connectivity index (χ4v) is 0.990. The van der Waals surface area contributed by atoms with Crippen LogP contribution in [0.5, 0.6) is 0 Å². The molecule has 0 aromatic heterocycles. The summed E-state index contributed by atoms with van der Waals surface area (Å²) in [5.41, 5.74) is 0.0202. The first-order chi connectivity index (χ1) is 6.16. The van der Waals surface area contributed by atoms with Crippen LogP contribution in [-0.2, 0) is 4.65 Å². The molecular formula is C7H8BNO4. The van der Waals surface area contributed by atoms with Crippen molar-refractivity contribution in [3.05, 3.63) is 34.4 Å². The van der Waals surface area contributed by atoms with Gasteiger partial charge in [-0.1, -0.05) is 18.2 Å². The molecule has 0 aliphatic heterocycles. The van der Waals surface area contributed by atoms with Crippen LogP contribution >= 0.6 is 0 Å². The average Bonchev–Trinajstić information content (AvgIpc) is 2.16. The van der Waals surface area contributed by atoms with Crippen molar-refractivity contribution in [2.45, 2.75) is 0 Å². The zero-order chi connectivity index (χ0) is 9.84. The fourth-order valence-electron chi connectivity index (χ4n) is 0.990. The van der Waals surface area contributed by atoms with Crippen LogP contribution in [0.15, 0.2) is 24.3 Å². The maximum Gasteiger partial charge on any atom is 0.498 e. The zero-order valence-corrected chi connectivity index (χ0v) is 7.01. The summed E-state index contributed by atoms with van der Waals surface area (Å²) >= 11 is 0. The van der Waals surface area contributed by atoms with E-state index in [4.69, 9.17) is 0 Å². The molecule has 13 heavy (non-hydrogen) atoms. The number of hydrogen-bond acceptors (Lipinski definition) is 4. The summed E-state index contributed by atoms with van der Waals surface area (Å²) in [6.45, 7) is 0. The molecule has 1 aromatic rings. The lowest BCUT2D eigenvalue weighted by Gasteiger charge is -2.03. The highest BCUT2D eigenvalue weighted by Gasteiger charge is 2.24. The van der Waals surface area contributed by atoms with Crippen LogP contribution in [0.4, 0.5) is 5.69 Å². The molecule has 0 radical (unpaired) electrons. The smallest absolute Gasteiger partial charge is 0.423 e. The third-order valence-corrected chi connectivity index (χ3v) is 1.62. The van der Waals surface area contributed by atoms with Gasteiger partial charge in [0.25, 0.3) is 5.69 Å². The van der Waals surface area contributed by atoms with E-state index in [0.717, 1.165) is 0 Å². The van der Waals surface area contributed by atoms with E-state index < -0.39 is 12.0 Å². The van der Waals surface area contributed by atoms with E-state index in [1.807, 2.05) is 0 Å². The first kappa shape index (κ1) is 9.69. The van der Waals surface area contributed by atoms with Crippen molar-refractivity contribution in [1.29, 1.82) is 0 Å². The number of rotatable bonds is 3. The van der Waals surface area contributed by atoms with Crippen LogP contribution in [-0.4, -0.2) is 24.2 Å². The number of nitro groups is 1. The van der Waals surface area contributed by atoms with Gasteiger partial charge in [0.2, 0.25) is 0 Å². The largest absolute Gasteiger partial charge is 0.498 e. The van der Waals surface area contributed by atoms with E-state index >= 15 is 0 Å². The Kier molecular flexibility index (Phi) is 3.00. The normalized spacial score (nSPS) is 9.69. The van der Waals surface area contributed by atoms with Gasteiger partial charge in [-0.3, -0.25) is 10.1 Å². The van der Waals surface area contributed by atoms with Gasteiger partial charge in [-0.2, -0.15) is 0 Å². The highest BCUT2D eigenvalue weighted by molar-refractivity contribution is 6.61. The highest BCUT2D eigenvalue weighted by atomic mass is 16.6. The van der Waals surface area contributed by atoms with Gasteiger partial charge in [0.05, 0.1) is 10.4 Å². The van der Waals surface area contributed by atoms with Gasteiger partial charge in [0.1, 0.15) is 0 Å². The summed E-state index contributed by atoms with van der Waals surface area (Å²) in [5.74, 6) is 0. The Hall–Kier alpha value is -1.40. The van der Waals surface area contributed by atoms with Crippen LogP contribution in [0.25, 0.3) is 0 Å². The second kappa shape index (κ2) is 4.02. The Morgan fingerprint density at radius 3 is 2.69 bits per heavy atom. The summed E-state index contributed by atoms with van der Waals surface area (Å²) in [7, 11) is 0.0306. The van der Waals surface area contributed by atoms with E-state index in [1.54, 1.807) is 6.07 Å². The van der Waals surface area contributed by atoms with Gasteiger partial charge in [0, 0.05) is 13.2 Å². The van der Waals surface area contributed by atoms with Crippen molar-refractivity contribution < 1.29 is 14.6 Å². The van der Waals surface area contributed by atoms with E-state index in [9.17, 15) is 15.1 Å². The number of hydrogen-bond donors (Lipinski definition) is 1. The van der Waals surface area contributed by atoms with Gasteiger partial charge in [-0.25, -0.2) is 0 Å². The predicted octanol–water partition coefficient (Wildman–Crippen LogP) is -0.0713. The molecule has 0 aliphatic rings. The fraction of sp³-hybridized carbons (Fsp3) is 0.143. The summed E-state index contributed by atoms with van der Waals surface area (Å²) in [5, 5.41) is 19.7. The van der Waals surface area contributed by atoms with Crippen LogP contribution in [0, 0.1) is 10.1 Å². The van der Waals surface area contributed by atoms with Crippen LogP contribution < -0.4 is 5.46 Å². The molecular weight excluding hydrogens is 173 g/mol. The molecule has 1 N–H and O–H groups in total. The van der Waals surface area contributed by atoms with E-state index in [1.165, 1.54) is 25.3 Å². The van der Waals surface area contributed by atoms with Crippen molar-refractivity contribution in [3.63, 3.8) is 0 Å². The van der Waals surface area contributed by atoms with E-state index in [0.29, 0.717) is 0 Å². The summed E-state index contributed by atoms with van der Waals surface area (Å²) in [6.07, 6.45) is 0. The zero-order valence-electron chi connectivity index (χ0n) is 7.01. The topological polar surface area (TPSA) is 72.6 Å². The first-order valence-corrected chi connectivity index (χ1v) is 3.61. The second-order valence-electron chi connectivity index (χ2n) is 2.40. The molecule has 0 saturated carbocycles. The van der Waals surface area contributed by atoms with Gasteiger partial charge in [-0.05, 0) is 0 Å². The lowest BCUT2D eigenvalue weighted by atomic mass is 9.78. The molecule has 6 heteroatoms. The maximum absolute atomic E-state index is 10.5. The molecule has 0 amide bonds. The minimum atomic E-state index is -1.25. The molecule has 0 aliphatic carbocycles. The monoisotopic (exact) mass is 181 g/mol. The molecule has 0 spiro atoms. The molecule has 1 rings (SSSR count). The van der Waals surface area contributed by atoms with E-state index in [2.05, 4.69) is 4.65 Å². The Balaban J connectivity index is 3.11. The molecule has 5 nitrogen and oxygen atoms in total. The summed E-state index contributed by atoms with van der Waals surface area (Å²) in [4.78, 5) is 9.92. The van der Waals surface area contributed by atoms with Gasteiger partial charge < -0.3 is 9.68 Å². The van der Waals surface area contributed by atoms with Crippen LogP contribution in [0.3, 0.4) is 0 Å². The predicted molar refractivity (Wildman–Crippen MR) is 47.7 cm³/mol. The maximum atomic E-state index is 10.5. The minimum absolute atomic E-state index is 0.142. The number of nitro benzene ring substituents is 1. The third-order valence-electron chi connectivity index (χ3n) is 1.62. The molecule has 0 saturated heterocycles. The number of nitrogens with zero attached hydrogens (tertiary/aromatic N) is 1. The van der Waals surface area contributed by atoms with Crippen molar-refractivity contribution in [3.8, 4) is 0 Å². The highest BCUT2D eigenvalue weighted by Crippen LogP contribution is 2.07. The Morgan fingerprint density at radius 2 is 2.15 bits per heavy atom. The molecule has 0 heterocycles. The molecule has 1 aromatic carbocycles. The summed E-state index contributed by atoms with van der Waals surface area (Å²) in [6, 6.07) is 5.90. The van der Waals surface area contributed by atoms with Crippen molar-refractivity contribution in [2.24, 2.45) is 0 Å². The number of para-hydroxylation sites is 1. The molecule has 0 unspecified atom stereocenters. The van der Waals surface area contributed by atoms with Crippen molar-refractivity contribution in [2.75, 3.05) is 7.11 Å². The van der Waals surface area contributed by atoms with Crippen molar-refractivity contribution in [1.82, 2.24) is 0 Å². The van der Waals surface area contributed by atoms with Gasteiger partial charge in [-0.15, -0.1) is 0 Å². The van der Waals surface area contributed by atoms with E-state index in [-0.39, 0.29) is 11.2 Å². The quantitative estimate of drug-likeness (QED) is 0.402. The van der Waals surface area contributed by atoms with Crippen molar-refractivity contribution >= 4 is 18.3 Å². The first-order valence-electron chi connectivity index (χ1n) is 3.61. The van der Waals surface area contributed by atoms with Crippen LogP contribution in [0.1, 0.15) is 0 Å². The van der Waals surface area contributed by atoms with Gasteiger partial charge >= 0.3 is 7.12 Å². The third kappa shape index (κ3) is 2.04. The minimum Gasteiger partial charge on any atom is -0.423 e. The Labute approximate surface area is 75.2 Å². The molecule has 68 valence electrons. The molecule has 0 bridgehead atoms. The Morgan fingerprint density at radius 1 is 1.54 bits per heavy atom.